The zero-order valence-electron chi connectivity index (χ0n) is 10.5. The molecular weight excluding hydrogens is 174 g/mol. The Bertz CT molecular complexity index is 140. The zero-order chi connectivity index (χ0) is 11.2. The quantitative estimate of drug-likeness (QED) is 0.717. The molecule has 0 aromatic rings. The summed E-state index contributed by atoms with van der Waals surface area (Å²) in [7, 11) is 0. The van der Waals surface area contributed by atoms with Crippen LogP contribution in [0.3, 0.4) is 0 Å². The summed E-state index contributed by atoms with van der Waals surface area (Å²) >= 11 is 0. The second-order valence-electron chi connectivity index (χ2n) is 5.09. The third kappa shape index (κ3) is 6.39. The average molecular weight is 201 g/mol. The van der Waals surface area contributed by atoms with Crippen LogP contribution in [0.1, 0.15) is 53.9 Å². The van der Waals surface area contributed by atoms with Crippen LogP contribution in [0.25, 0.3) is 0 Å². The number of ether oxygens (including phenoxy) is 1. The molecule has 14 heavy (non-hydrogen) atoms. The third-order valence-electron chi connectivity index (χ3n) is 2.41. The first-order valence-corrected chi connectivity index (χ1v) is 5.78. The maximum absolute atomic E-state index is 6.00. The number of nitrogens with two attached hydrogens (primary N) is 1. The monoisotopic (exact) mass is 201 g/mol. The summed E-state index contributed by atoms with van der Waals surface area (Å²) in [6.07, 6.45) is 3.74. The van der Waals surface area contributed by atoms with Crippen molar-refractivity contribution in [3.05, 3.63) is 0 Å². The van der Waals surface area contributed by atoms with Gasteiger partial charge >= 0.3 is 0 Å². The second-order valence-corrected chi connectivity index (χ2v) is 5.09. The molecule has 0 aliphatic carbocycles. The van der Waals surface area contributed by atoms with Crippen LogP contribution < -0.4 is 5.73 Å². The highest BCUT2D eigenvalue weighted by atomic mass is 16.5. The molecule has 0 radical (unpaired) electrons. The molecule has 0 rings (SSSR count). The van der Waals surface area contributed by atoms with Gasteiger partial charge in [-0.2, -0.15) is 0 Å². The Balaban J connectivity index is 3.99. The van der Waals surface area contributed by atoms with Gasteiger partial charge in [-0.15, -0.1) is 0 Å². The van der Waals surface area contributed by atoms with Gasteiger partial charge in [-0.1, -0.05) is 13.8 Å². The SMILES string of the molecule is CCC(OC(C)(C)C)C(C)CCCN. The predicted molar refractivity (Wildman–Crippen MR) is 62.4 cm³/mol. The van der Waals surface area contributed by atoms with Crippen LogP contribution in [0.2, 0.25) is 0 Å². The van der Waals surface area contributed by atoms with E-state index in [1.54, 1.807) is 0 Å². The van der Waals surface area contributed by atoms with E-state index in [0.29, 0.717) is 12.0 Å². The van der Waals surface area contributed by atoms with Crippen molar-refractivity contribution in [3.8, 4) is 0 Å². The van der Waals surface area contributed by atoms with Crippen LogP contribution in [0.15, 0.2) is 0 Å². The summed E-state index contributed by atoms with van der Waals surface area (Å²) in [5, 5.41) is 0. The Hall–Kier alpha value is -0.0800. The molecule has 86 valence electrons. The largest absolute Gasteiger partial charge is 0.372 e. The summed E-state index contributed by atoms with van der Waals surface area (Å²) in [6, 6.07) is 0. The van der Waals surface area contributed by atoms with E-state index in [9.17, 15) is 0 Å². The van der Waals surface area contributed by atoms with E-state index in [2.05, 4.69) is 34.6 Å². The first-order valence-electron chi connectivity index (χ1n) is 5.78. The fraction of sp³-hybridized carbons (Fsp3) is 1.00. The fourth-order valence-corrected chi connectivity index (χ4v) is 1.68. The molecule has 2 unspecified atom stereocenters. The van der Waals surface area contributed by atoms with Crippen LogP contribution in [-0.4, -0.2) is 18.2 Å². The van der Waals surface area contributed by atoms with Crippen molar-refractivity contribution in [3.63, 3.8) is 0 Å². The molecule has 0 spiro atoms. The summed E-state index contributed by atoms with van der Waals surface area (Å²) in [5.41, 5.74) is 5.47. The minimum absolute atomic E-state index is 0.0301. The van der Waals surface area contributed by atoms with Gasteiger partial charge in [0.25, 0.3) is 0 Å². The summed E-state index contributed by atoms with van der Waals surface area (Å²) < 4.78 is 6.00. The molecule has 2 atom stereocenters. The molecule has 0 fully saturated rings. The fourth-order valence-electron chi connectivity index (χ4n) is 1.68. The van der Waals surface area contributed by atoms with Crippen molar-refractivity contribution in [2.75, 3.05) is 6.54 Å². The van der Waals surface area contributed by atoms with Gasteiger partial charge in [0.1, 0.15) is 0 Å². The maximum atomic E-state index is 6.00. The van der Waals surface area contributed by atoms with E-state index >= 15 is 0 Å². The molecule has 0 heterocycles. The highest BCUT2D eigenvalue weighted by Gasteiger charge is 2.21. The van der Waals surface area contributed by atoms with Crippen molar-refractivity contribution in [1.82, 2.24) is 0 Å². The zero-order valence-corrected chi connectivity index (χ0v) is 10.5. The van der Waals surface area contributed by atoms with Gasteiger partial charge in [-0.25, -0.2) is 0 Å². The maximum Gasteiger partial charge on any atom is 0.0605 e. The Kier molecular flexibility index (Phi) is 6.38. The predicted octanol–water partition coefficient (Wildman–Crippen LogP) is 2.96. The molecule has 0 aromatic heterocycles. The van der Waals surface area contributed by atoms with Crippen LogP contribution in [0, 0.1) is 5.92 Å². The van der Waals surface area contributed by atoms with E-state index in [0.717, 1.165) is 19.4 Å². The lowest BCUT2D eigenvalue weighted by Crippen LogP contribution is -2.31. The minimum atomic E-state index is -0.0301. The van der Waals surface area contributed by atoms with Crippen LogP contribution in [-0.2, 0) is 4.74 Å². The van der Waals surface area contributed by atoms with Gasteiger partial charge in [0.2, 0.25) is 0 Å². The lowest BCUT2D eigenvalue weighted by molar-refractivity contribution is -0.0846. The van der Waals surface area contributed by atoms with Crippen molar-refractivity contribution < 1.29 is 4.74 Å². The van der Waals surface area contributed by atoms with E-state index in [4.69, 9.17) is 10.5 Å². The standard InChI is InChI=1S/C12H27NO/c1-6-11(14-12(3,4)5)10(2)8-7-9-13/h10-11H,6-9,13H2,1-5H3. The summed E-state index contributed by atoms with van der Waals surface area (Å²) in [6.45, 7) is 11.6. The molecule has 0 aromatic carbocycles. The van der Waals surface area contributed by atoms with E-state index in [1.807, 2.05) is 0 Å². The van der Waals surface area contributed by atoms with Gasteiger partial charge < -0.3 is 10.5 Å². The molecule has 0 aliphatic rings. The topological polar surface area (TPSA) is 35.2 Å². The molecular formula is C12H27NO. The molecule has 0 saturated carbocycles. The van der Waals surface area contributed by atoms with Crippen LogP contribution >= 0.6 is 0 Å². The van der Waals surface area contributed by atoms with E-state index < -0.39 is 0 Å². The lowest BCUT2D eigenvalue weighted by Gasteiger charge is -2.31. The highest BCUT2D eigenvalue weighted by molar-refractivity contribution is 4.70. The van der Waals surface area contributed by atoms with E-state index in [-0.39, 0.29) is 5.60 Å². The Morgan fingerprint density at radius 2 is 1.86 bits per heavy atom. The molecule has 2 N–H and O–H groups in total. The first-order chi connectivity index (χ1) is 6.40. The van der Waals surface area contributed by atoms with Gasteiger partial charge in [0, 0.05) is 0 Å². The lowest BCUT2D eigenvalue weighted by atomic mass is 9.96. The molecule has 0 bridgehead atoms. The minimum Gasteiger partial charge on any atom is -0.372 e. The van der Waals surface area contributed by atoms with Crippen molar-refractivity contribution in [2.24, 2.45) is 11.7 Å². The van der Waals surface area contributed by atoms with Gasteiger partial charge in [-0.3, -0.25) is 0 Å². The van der Waals surface area contributed by atoms with Crippen molar-refractivity contribution in [1.29, 1.82) is 0 Å². The number of hydrogen-bond acceptors (Lipinski definition) is 2. The first kappa shape index (κ1) is 13.9. The summed E-state index contributed by atoms with van der Waals surface area (Å²) in [5.74, 6) is 0.614. The number of hydrogen-bond donors (Lipinski definition) is 1. The normalized spacial score (nSPS) is 16.7. The van der Waals surface area contributed by atoms with Gasteiger partial charge in [0.15, 0.2) is 0 Å². The van der Waals surface area contributed by atoms with Crippen LogP contribution in [0.5, 0.6) is 0 Å². The van der Waals surface area contributed by atoms with Crippen LogP contribution in [0.4, 0.5) is 0 Å². The highest BCUT2D eigenvalue weighted by Crippen LogP contribution is 2.22. The Morgan fingerprint density at radius 1 is 1.29 bits per heavy atom. The van der Waals surface area contributed by atoms with Gasteiger partial charge in [-0.05, 0) is 52.5 Å². The number of rotatable bonds is 6. The van der Waals surface area contributed by atoms with E-state index in [1.165, 1.54) is 6.42 Å². The Labute approximate surface area is 89.2 Å². The third-order valence-corrected chi connectivity index (χ3v) is 2.41. The molecule has 0 amide bonds. The van der Waals surface area contributed by atoms with Crippen molar-refractivity contribution >= 4 is 0 Å². The molecule has 2 nitrogen and oxygen atoms in total. The smallest absolute Gasteiger partial charge is 0.0605 e. The molecule has 2 heteroatoms. The summed E-state index contributed by atoms with van der Waals surface area (Å²) in [4.78, 5) is 0. The second kappa shape index (κ2) is 6.41. The molecule has 0 aliphatic heterocycles. The molecule has 0 saturated heterocycles. The average Bonchev–Trinajstić information content (AvgIpc) is 2.08. The van der Waals surface area contributed by atoms with Gasteiger partial charge in [0.05, 0.1) is 11.7 Å². The Morgan fingerprint density at radius 3 is 2.21 bits per heavy atom. The van der Waals surface area contributed by atoms with Crippen molar-refractivity contribution in [2.45, 2.75) is 65.6 Å².